The smallest absolute Gasteiger partial charge is 0.410 e. The van der Waals surface area contributed by atoms with E-state index in [1.807, 2.05) is 26.8 Å². The molecule has 1 atom stereocenters. The van der Waals surface area contributed by atoms with Crippen LogP contribution < -0.4 is 5.32 Å². The monoisotopic (exact) mass is 308 g/mol. The van der Waals surface area contributed by atoms with E-state index in [2.05, 4.69) is 5.32 Å². The molecule has 1 N–H and O–H groups in total. The molecule has 6 nitrogen and oxygen atoms in total. The summed E-state index contributed by atoms with van der Waals surface area (Å²) in [6.45, 7) is 6.91. The highest BCUT2D eigenvalue weighted by atomic mass is 16.6. The van der Waals surface area contributed by atoms with Crippen molar-refractivity contribution in [3.63, 3.8) is 0 Å². The SMILES string of the molecule is CC(C)(C)OC(=O)N1CCCC(C(=O)NCc2ccco2)C1. The summed E-state index contributed by atoms with van der Waals surface area (Å²) < 4.78 is 10.6. The minimum atomic E-state index is -0.522. The Kier molecular flexibility index (Phi) is 5.11. The summed E-state index contributed by atoms with van der Waals surface area (Å²) in [5.74, 6) is 0.467. The van der Waals surface area contributed by atoms with E-state index in [1.54, 1.807) is 17.2 Å². The maximum absolute atomic E-state index is 12.2. The summed E-state index contributed by atoms with van der Waals surface area (Å²) in [6.07, 6.45) is 2.81. The first-order chi connectivity index (χ1) is 10.3. The van der Waals surface area contributed by atoms with Gasteiger partial charge in [0, 0.05) is 13.1 Å². The van der Waals surface area contributed by atoms with Crippen LogP contribution >= 0.6 is 0 Å². The number of hydrogen-bond acceptors (Lipinski definition) is 4. The van der Waals surface area contributed by atoms with Gasteiger partial charge in [-0.2, -0.15) is 0 Å². The van der Waals surface area contributed by atoms with Crippen LogP contribution in [0.1, 0.15) is 39.4 Å². The summed E-state index contributed by atoms with van der Waals surface area (Å²) in [5.41, 5.74) is -0.522. The van der Waals surface area contributed by atoms with Crippen LogP contribution in [0.5, 0.6) is 0 Å². The number of furan rings is 1. The highest BCUT2D eigenvalue weighted by Crippen LogP contribution is 2.19. The topological polar surface area (TPSA) is 71.8 Å². The van der Waals surface area contributed by atoms with Gasteiger partial charge in [0.05, 0.1) is 18.7 Å². The Labute approximate surface area is 130 Å². The first kappa shape index (κ1) is 16.4. The minimum absolute atomic E-state index is 0.0512. The van der Waals surface area contributed by atoms with Gasteiger partial charge in [-0.15, -0.1) is 0 Å². The Morgan fingerprint density at radius 3 is 2.86 bits per heavy atom. The molecular formula is C16H24N2O4. The molecule has 2 amide bonds. The lowest BCUT2D eigenvalue weighted by molar-refractivity contribution is -0.126. The van der Waals surface area contributed by atoms with E-state index in [-0.39, 0.29) is 17.9 Å². The van der Waals surface area contributed by atoms with Crippen molar-refractivity contribution < 1.29 is 18.7 Å². The highest BCUT2D eigenvalue weighted by molar-refractivity contribution is 5.80. The normalized spacial score (nSPS) is 18.9. The summed E-state index contributed by atoms with van der Waals surface area (Å²) in [4.78, 5) is 25.9. The zero-order valence-corrected chi connectivity index (χ0v) is 13.4. The Morgan fingerprint density at radius 1 is 1.45 bits per heavy atom. The molecule has 0 spiro atoms. The fourth-order valence-electron chi connectivity index (χ4n) is 2.42. The van der Waals surface area contributed by atoms with Gasteiger partial charge in [0.25, 0.3) is 0 Å². The van der Waals surface area contributed by atoms with Crippen LogP contribution in [0.25, 0.3) is 0 Å². The van der Waals surface area contributed by atoms with Gasteiger partial charge in [-0.3, -0.25) is 4.79 Å². The van der Waals surface area contributed by atoms with E-state index < -0.39 is 5.60 Å². The van der Waals surface area contributed by atoms with Crippen LogP contribution in [0.3, 0.4) is 0 Å². The fraction of sp³-hybridized carbons (Fsp3) is 0.625. The van der Waals surface area contributed by atoms with Gasteiger partial charge in [-0.25, -0.2) is 4.79 Å². The molecular weight excluding hydrogens is 284 g/mol. The molecule has 0 saturated carbocycles. The van der Waals surface area contributed by atoms with E-state index in [0.29, 0.717) is 25.4 Å². The lowest BCUT2D eigenvalue weighted by atomic mass is 9.97. The standard InChI is InChI=1S/C16H24N2O4/c1-16(2,3)22-15(20)18-8-4-6-12(11-18)14(19)17-10-13-7-5-9-21-13/h5,7,9,12H,4,6,8,10-11H2,1-3H3,(H,17,19). The first-order valence-corrected chi connectivity index (χ1v) is 7.63. The maximum atomic E-state index is 12.2. The zero-order valence-electron chi connectivity index (χ0n) is 13.4. The number of likely N-dealkylation sites (tertiary alicyclic amines) is 1. The Morgan fingerprint density at radius 2 is 2.23 bits per heavy atom. The van der Waals surface area contributed by atoms with Gasteiger partial charge >= 0.3 is 6.09 Å². The van der Waals surface area contributed by atoms with Gasteiger partial charge in [0.15, 0.2) is 0 Å². The molecule has 0 bridgehead atoms. The lowest BCUT2D eigenvalue weighted by Gasteiger charge is -2.33. The largest absolute Gasteiger partial charge is 0.467 e. The molecule has 0 radical (unpaired) electrons. The Bertz CT molecular complexity index is 505. The third kappa shape index (κ3) is 4.79. The molecule has 1 aromatic rings. The van der Waals surface area contributed by atoms with Gasteiger partial charge < -0.3 is 19.4 Å². The molecule has 1 aliphatic rings. The van der Waals surface area contributed by atoms with E-state index in [4.69, 9.17) is 9.15 Å². The molecule has 1 unspecified atom stereocenters. The first-order valence-electron chi connectivity index (χ1n) is 7.63. The Balaban J connectivity index is 1.84. The second-order valence-electron chi connectivity index (χ2n) is 6.56. The predicted octanol–water partition coefficient (Wildman–Crippen LogP) is 2.54. The van der Waals surface area contributed by atoms with Crippen molar-refractivity contribution in [2.24, 2.45) is 5.92 Å². The molecule has 22 heavy (non-hydrogen) atoms. The molecule has 6 heteroatoms. The van der Waals surface area contributed by atoms with Crippen molar-refractivity contribution in [3.05, 3.63) is 24.2 Å². The van der Waals surface area contributed by atoms with Crippen molar-refractivity contribution in [1.82, 2.24) is 10.2 Å². The molecule has 1 saturated heterocycles. The number of piperidine rings is 1. The average Bonchev–Trinajstić information content (AvgIpc) is 2.96. The molecule has 122 valence electrons. The van der Waals surface area contributed by atoms with Gasteiger partial charge in [0.1, 0.15) is 11.4 Å². The van der Waals surface area contributed by atoms with Crippen molar-refractivity contribution in [1.29, 1.82) is 0 Å². The second kappa shape index (κ2) is 6.85. The second-order valence-corrected chi connectivity index (χ2v) is 6.56. The quantitative estimate of drug-likeness (QED) is 0.931. The van der Waals surface area contributed by atoms with Crippen molar-refractivity contribution in [2.75, 3.05) is 13.1 Å². The zero-order chi connectivity index (χ0) is 16.2. The van der Waals surface area contributed by atoms with Crippen LogP contribution in [0, 0.1) is 5.92 Å². The predicted molar refractivity (Wildman–Crippen MR) is 81.1 cm³/mol. The molecule has 2 rings (SSSR count). The van der Waals surface area contributed by atoms with Crippen LogP contribution in [0.15, 0.2) is 22.8 Å². The van der Waals surface area contributed by atoms with Gasteiger partial charge in [-0.05, 0) is 45.7 Å². The molecule has 1 fully saturated rings. The van der Waals surface area contributed by atoms with Crippen LogP contribution in [0.2, 0.25) is 0 Å². The summed E-state index contributed by atoms with van der Waals surface area (Å²) >= 11 is 0. The van der Waals surface area contributed by atoms with Crippen LogP contribution in [-0.2, 0) is 16.1 Å². The number of amides is 2. The van der Waals surface area contributed by atoms with Crippen molar-refractivity contribution in [3.8, 4) is 0 Å². The molecule has 1 aromatic heterocycles. The third-order valence-corrected chi connectivity index (χ3v) is 3.46. The molecule has 0 aliphatic carbocycles. The number of nitrogens with zero attached hydrogens (tertiary/aromatic N) is 1. The summed E-state index contributed by atoms with van der Waals surface area (Å²) in [6, 6.07) is 3.60. The molecule has 0 aromatic carbocycles. The number of rotatable bonds is 3. The number of carbonyl (C=O) groups excluding carboxylic acids is 2. The van der Waals surface area contributed by atoms with E-state index >= 15 is 0 Å². The maximum Gasteiger partial charge on any atom is 0.410 e. The Hall–Kier alpha value is -1.98. The number of carbonyl (C=O) groups is 2. The molecule has 1 aliphatic heterocycles. The number of ether oxygens (including phenoxy) is 1. The fourth-order valence-corrected chi connectivity index (χ4v) is 2.42. The highest BCUT2D eigenvalue weighted by Gasteiger charge is 2.30. The van der Waals surface area contributed by atoms with E-state index in [1.165, 1.54) is 0 Å². The average molecular weight is 308 g/mol. The minimum Gasteiger partial charge on any atom is -0.467 e. The summed E-state index contributed by atoms with van der Waals surface area (Å²) in [7, 11) is 0. The number of hydrogen-bond donors (Lipinski definition) is 1. The van der Waals surface area contributed by atoms with Gasteiger partial charge in [-0.1, -0.05) is 0 Å². The van der Waals surface area contributed by atoms with Gasteiger partial charge in [0.2, 0.25) is 5.91 Å². The third-order valence-electron chi connectivity index (χ3n) is 3.46. The van der Waals surface area contributed by atoms with E-state index in [9.17, 15) is 9.59 Å². The van der Waals surface area contributed by atoms with E-state index in [0.717, 1.165) is 12.8 Å². The van der Waals surface area contributed by atoms with Crippen LogP contribution in [-0.4, -0.2) is 35.6 Å². The van der Waals surface area contributed by atoms with Crippen molar-refractivity contribution >= 4 is 12.0 Å². The lowest BCUT2D eigenvalue weighted by Crippen LogP contribution is -2.46. The molecule has 2 heterocycles. The summed E-state index contributed by atoms with van der Waals surface area (Å²) in [5, 5.41) is 2.85. The number of nitrogens with one attached hydrogen (secondary N) is 1. The van der Waals surface area contributed by atoms with Crippen molar-refractivity contribution in [2.45, 2.75) is 45.8 Å². The van der Waals surface area contributed by atoms with Crippen LogP contribution in [0.4, 0.5) is 4.79 Å².